The maximum atomic E-state index is 5.76. The predicted molar refractivity (Wildman–Crippen MR) is 61.3 cm³/mol. The van der Waals surface area contributed by atoms with Crippen molar-refractivity contribution in [1.29, 1.82) is 0 Å². The van der Waals surface area contributed by atoms with Crippen LogP contribution in [0.2, 0.25) is 0 Å². The molecule has 0 aliphatic heterocycles. The Balaban J connectivity index is 2.16. The van der Waals surface area contributed by atoms with Crippen molar-refractivity contribution in [2.45, 2.75) is 46.1 Å². The molecular formula is C11H23N3. The lowest BCUT2D eigenvalue weighted by atomic mass is 10.2. The summed E-state index contributed by atoms with van der Waals surface area (Å²) in [5, 5.41) is 3.23. The third-order valence-electron chi connectivity index (χ3n) is 2.40. The zero-order chi connectivity index (χ0) is 10.6. The molecule has 3 heteroatoms. The molecule has 1 aliphatic rings. The van der Waals surface area contributed by atoms with E-state index in [0.717, 1.165) is 12.5 Å². The van der Waals surface area contributed by atoms with Crippen molar-refractivity contribution in [3.05, 3.63) is 0 Å². The molecule has 1 fully saturated rings. The SMILES string of the molecule is CC(C)CN=C(N)NC(C)CC1CC1. The third-order valence-corrected chi connectivity index (χ3v) is 2.40. The number of nitrogens with two attached hydrogens (primary N) is 1. The number of hydrogen-bond donors (Lipinski definition) is 2. The van der Waals surface area contributed by atoms with Crippen molar-refractivity contribution in [1.82, 2.24) is 5.32 Å². The molecule has 0 heterocycles. The van der Waals surface area contributed by atoms with Crippen molar-refractivity contribution in [3.8, 4) is 0 Å². The first-order valence-corrected chi connectivity index (χ1v) is 5.64. The average Bonchev–Trinajstić information content (AvgIpc) is 2.84. The molecule has 0 radical (unpaired) electrons. The lowest BCUT2D eigenvalue weighted by Crippen LogP contribution is -2.38. The van der Waals surface area contributed by atoms with E-state index in [2.05, 4.69) is 31.1 Å². The first kappa shape index (κ1) is 11.3. The second-order valence-corrected chi connectivity index (χ2v) is 4.84. The van der Waals surface area contributed by atoms with Crippen molar-refractivity contribution in [2.24, 2.45) is 22.6 Å². The molecule has 0 aromatic carbocycles. The van der Waals surface area contributed by atoms with E-state index in [-0.39, 0.29) is 0 Å². The normalized spacial score (nSPS) is 19.9. The fourth-order valence-electron chi connectivity index (χ4n) is 1.49. The summed E-state index contributed by atoms with van der Waals surface area (Å²) >= 11 is 0. The Hall–Kier alpha value is -0.730. The molecule has 0 saturated heterocycles. The molecule has 0 amide bonds. The molecular weight excluding hydrogens is 174 g/mol. The van der Waals surface area contributed by atoms with Crippen LogP contribution in [0.25, 0.3) is 0 Å². The quantitative estimate of drug-likeness (QED) is 0.521. The Morgan fingerprint density at radius 2 is 2.07 bits per heavy atom. The highest BCUT2D eigenvalue weighted by Gasteiger charge is 2.23. The third kappa shape index (κ3) is 5.10. The summed E-state index contributed by atoms with van der Waals surface area (Å²) in [4.78, 5) is 4.27. The Morgan fingerprint density at radius 1 is 1.43 bits per heavy atom. The largest absolute Gasteiger partial charge is 0.370 e. The minimum Gasteiger partial charge on any atom is -0.370 e. The van der Waals surface area contributed by atoms with E-state index in [1.54, 1.807) is 0 Å². The summed E-state index contributed by atoms with van der Waals surface area (Å²) in [5.41, 5.74) is 5.76. The van der Waals surface area contributed by atoms with E-state index in [4.69, 9.17) is 5.73 Å². The van der Waals surface area contributed by atoms with Gasteiger partial charge in [0.25, 0.3) is 0 Å². The van der Waals surface area contributed by atoms with Gasteiger partial charge in [-0.15, -0.1) is 0 Å². The van der Waals surface area contributed by atoms with Gasteiger partial charge in [0.2, 0.25) is 0 Å². The molecule has 0 aromatic heterocycles. The van der Waals surface area contributed by atoms with E-state index in [0.29, 0.717) is 17.9 Å². The molecule has 1 saturated carbocycles. The van der Waals surface area contributed by atoms with Gasteiger partial charge in [-0.3, -0.25) is 4.99 Å². The number of guanidine groups is 1. The van der Waals surface area contributed by atoms with Gasteiger partial charge in [-0.25, -0.2) is 0 Å². The Labute approximate surface area is 87.2 Å². The average molecular weight is 197 g/mol. The second-order valence-electron chi connectivity index (χ2n) is 4.84. The minimum atomic E-state index is 0.471. The van der Waals surface area contributed by atoms with Crippen LogP contribution < -0.4 is 11.1 Å². The maximum absolute atomic E-state index is 5.76. The molecule has 0 aromatic rings. The van der Waals surface area contributed by atoms with E-state index in [1.165, 1.54) is 19.3 Å². The lowest BCUT2D eigenvalue weighted by molar-refractivity contribution is 0.558. The fourth-order valence-corrected chi connectivity index (χ4v) is 1.49. The zero-order valence-electron chi connectivity index (χ0n) is 9.59. The fraction of sp³-hybridized carbons (Fsp3) is 0.909. The van der Waals surface area contributed by atoms with Gasteiger partial charge in [0.15, 0.2) is 5.96 Å². The topological polar surface area (TPSA) is 50.4 Å². The molecule has 14 heavy (non-hydrogen) atoms. The number of rotatable bonds is 5. The van der Waals surface area contributed by atoms with Gasteiger partial charge in [0, 0.05) is 12.6 Å². The molecule has 1 unspecified atom stereocenters. The summed E-state index contributed by atoms with van der Waals surface area (Å²) < 4.78 is 0. The molecule has 3 N–H and O–H groups in total. The van der Waals surface area contributed by atoms with Crippen LogP contribution in [0.15, 0.2) is 4.99 Å². The van der Waals surface area contributed by atoms with Crippen molar-refractivity contribution in [3.63, 3.8) is 0 Å². The molecule has 3 nitrogen and oxygen atoms in total. The van der Waals surface area contributed by atoms with Crippen LogP contribution in [0.3, 0.4) is 0 Å². The lowest BCUT2D eigenvalue weighted by Gasteiger charge is -2.14. The van der Waals surface area contributed by atoms with Crippen LogP contribution in [0.1, 0.15) is 40.0 Å². The molecule has 0 spiro atoms. The van der Waals surface area contributed by atoms with Gasteiger partial charge in [-0.1, -0.05) is 26.7 Å². The van der Waals surface area contributed by atoms with E-state index in [1.807, 2.05) is 0 Å². The summed E-state index contributed by atoms with van der Waals surface area (Å²) in [6, 6.07) is 0.471. The van der Waals surface area contributed by atoms with Gasteiger partial charge < -0.3 is 11.1 Å². The Bertz CT molecular complexity index is 195. The summed E-state index contributed by atoms with van der Waals surface area (Å²) in [7, 11) is 0. The van der Waals surface area contributed by atoms with Crippen LogP contribution in [0.5, 0.6) is 0 Å². The smallest absolute Gasteiger partial charge is 0.188 e. The van der Waals surface area contributed by atoms with Crippen LogP contribution >= 0.6 is 0 Å². The highest BCUT2D eigenvalue weighted by atomic mass is 15.1. The predicted octanol–water partition coefficient (Wildman–Crippen LogP) is 1.74. The van der Waals surface area contributed by atoms with Crippen LogP contribution in [-0.4, -0.2) is 18.5 Å². The van der Waals surface area contributed by atoms with E-state index >= 15 is 0 Å². The molecule has 1 rings (SSSR count). The number of hydrogen-bond acceptors (Lipinski definition) is 1. The van der Waals surface area contributed by atoms with Crippen molar-refractivity contribution >= 4 is 5.96 Å². The highest BCUT2D eigenvalue weighted by Crippen LogP contribution is 2.33. The van der Waals surface area contributed by atoms with Gasteiger partial charge in [-0.2, -0.15) is 0 Å². The minimum absolute atomic E-state index is 0.471. The van der Waals surface area contributed by atoms with Crippen molar-refractivity contribution in [2.75, 3.05) is 6.54 Å². The van der Waals surface area contributed by atoms with Gasteiger partial charge in [0.05, 0.1) is 0 Å². The summed E-state index contributed by atoms with van der Waals surface area (Å²) in [5.74, 6) is 2.12. The Morgan fingerprint density at radius 3 is 2.57 bits per heavy atom. The molecule has 1 aliphatic carbocycles. The van der Waals surface area contributed by atoms with Crippen molar-refractivity contribution < 1.29 is 0 Å². The van der Waals surface area contributed by atoms with Gasteiger partial charge in [-0.05, 0) is 25.2 Å². The van der Waals surface area contributed by atoms with Crippen LogP contribution in [0, 0.1) is 11.8 Å². The van der Waals surface area contributed by atoms with Crippen LogP contribution in [0.4, 0.5) is 0 Å². The summed E-state index contributed by atoms with van der Waals surface area (Å²) in [6.07, 6.45) is 4.03. The standard InChI is InChI=1S/C11H23N3/c1-8(2)7-13-11(12)14-9(3)6-10-4-5-10/h8-10H,4-7H2,1-3H3,(H3,12,13,14). The number of nitrogens with zero attached hydrogens (tertiary/aromatic N) is 1. The first-order valence-electron chi connectivity index (χ1n) is 5.64. The number of aliphatic imine (C=N–C) groups is 1. The molecule has 82 valence electrons. The second kappa shape index (κ2) is 5.23. The Kier molecular flexibility index (Phi) is 4.23. The van der Waals surface area contributed by atoms with Gasteiger partial charge >= 0.3 is 0 Å². The monoisotopic (exact) mass is 197 g/mol. The first-order chi connectivity index (χ1) is 6.58. The van der Waals surface area contributed by atoms with Crippen LogP contribution in [-0.2, 0) is 0 Å². The zero-order valence-corrected chi connectivity index (χ0v) is 9.59. The van der Waals surface area contributed by atoms with E-state index < -0.39 is 0 Å². The molecule has 1 atom stereocenters. The van der Waals surface area contributed by atoms with E-state index in [9.17, 15) is 0 Å². The highest BCUT2D eigenvalue weighted by molar-refractivity contribution is 5.78. The number of nitrogens with one attached hydrogen (secondary N) is 1. The maximum Gasteiger partial charge on any atom is 0.188 e. The van der Waals surface area contributed by atoms with Gasteiger partial charge in [0.1, 0.15) is 0 Å². The summed E-state index contributed by atoms with van der Waals surface area (Å²) in [6.45, 7) is 7.28. The molecule has 0 bridgehead atoms.